The molecule has 0 fully saturated rings. The van der Waals surface area contributed by atoms with Crippen LogP contribution >= 0.6 is 11.3 Å². The minimum absolute atomic E-state index is 0.650. The SMILES string of the molecule is c1ccc(-c2cc(-c3ccccc3)nc(-n3c4ccccc4c4cc(-c5ccc6c(c5)c5ccc7c8ccccc8sc7c5n6-c5ccccc5)ccc43)n2)cc1. The Bertz CT molecular complexity index is 3450. The molecule has 12 rings (SSSR count). The molecular weight excluding hydrogens is 713 g/mol. The second kappa shape index (κ2) is 12.6. The van der Waals surface area contributed by atoms with Crippen LogP contribution in [0.2, 0.25) is 0 Å². The van der Waals surface area contributed by atoms with Gasteiger partial charge >= 0.3 is 0 Å². The summed E-state index contributed by atoms with van der Waals surface area (Å²) in [5, 5.41) is 7.45. The molecule has 0 spiro atoms. The summed E-state index contributed by atoms with van der Waals surface area (Å²) in [7, 11) is 0. The Morgan fingerprint density at radius 1 is 0.351 bits per heavy atom. The molecule has 0 saturated heterocycles. The lowest BCUT2D eigenvalue weighted by atomic mass is 10.0. The normalized spacial score (nSPS) is 11.9. The molecule has 4 heterocycles. The minimum atomic E-state index is 0.650. The van der Waals surface area contributed by atoms with Gasteiger partial charge in [0.25, 0.3) is 0 Å². The van der Waals surface area contributed by atoms with Crippen LogP contribution < -0.4 is 0 Å². The average molecular weight is 745 g/mol. The van der Waals surface area contributed by atoms with Gasteiger partial charge in [0, 0.05) is 53.8 Å². The maximum Gasteiger partial charge on any atom is 0.235 e. The second-order valence-electron chi connectivity index (χ2n) is 14.6. The van der Waals surface area contributed by atoms with Gasteiger partial charge in [-0.25, -0.2) is 9.97 Å². The van der Waals surface area contributed by atoms with E-state index in [-0.39, 0.29) is 0 Å². The Balaban J connectivity index is 1.07. The maximum absolute atomic E-state index is 5.23. The Morgan fingerprint density at radius 3 is 1.56 bits per heavy atom. The molecule has 12 aromatic rings. The molecule has 8 aromatic carbocycles. The first kappa shape index (κ1) is 32.0. The second-order valence-corrected chi connectivity index (χ2v) is 15.6. The topological polar surface area (TPSA) is 35.6 Å². The zero-order valence-electron chi connectivity index (χ0n) is 30.7. The van der Waals surface area contributed by atoms with Gasteiger partial charge in [-0.05, 0) is 65.7 Å². The van der Waals surface area contributed by atoms with E-state index in [0.717, 1.165) is 38.9 Å². The Morgan fingerprint density at radius 2 is 0.877 bits per heavy atom. The predicted molar refractivity (Wildman–Crippen MR) is 240 cm³/mol. The first-order chi connectivity index (χ1) is 28.3. The van der Waals surface area contributed by atoms with Crippen molar-refractivity contribution in [1.82, 2.24) is 19.1 Å². The maximum atomic E-state index is 5.23. The van der Waals surface area contributed by atoms with Crippen molar-refractivity contribution in [1.29, 1.82) is 0 Å². The number of benzene rings is 8. The molecular formula is C52H32N4S. The molecule has 0 bridgehead atoms. The van der Waals surface area contributed by atoms with E-state index in [2.05, 4.69) is 191 Å². The number of fused-ring (bicyclic) bond motifs is 10. The third-order valence-electron chi connectivity index (χ3n) is 11.3. The molecule has 266 valence electrons. The van der Waals surface area contributed by atoms with Crippen LogP contribution in [0.25, 0.3) is 109 Å². The highest BCUT2D eigenvalue weighted by molar-refractivity contribution is 7.26. The molecule has 4 nitrogen and oxygen atoms in total. The minimum Gasteiger partial charge on any atom is -0.308 e. The van der Waals surface area contributed by atoms with E-state index in [4.69, 9.17) is 9.97 Å². The third kappa shape index (κ3) is 4.99. The first-order valence-corrected chi connectivity index (χ1v) is 20.1. The van der Waals surface area contributed by atoms with E-state index in [0.29, 0.717) is 5.95 Å². The van der Waals surface area contributed by atoms with Gasteiger partial charge in [-0.2, -0.15) is 0 Å². The van der Waals surface area contributed by atoms with Crippen LogP contribution in [-0.4, -0.2) is 19.1 Å². The Labute approximate surface area is 332 Å². The lowest BCUT2D eigenvalue weighted by Gasteiger charge is -2.12. The third-order valence-corrected chi connectivity index (χ3v) is 12.5. The van der Waals surface area contributed by atoms with E-state index in [1.807, 2.05) is 23.5 Å². The molecule has 0 atom stereocenters. The van der Waals surface area contributed by atoms with Crippen LogP contribution in [0, 0.1) is 0 Å². The lowest BCUT2D eigenvalue weighted by molar-refractivity contribution is 0.995. The molecule has 0 aliphatic heterocycles. The van der Waals surface area contributed by atoms with E-state index in [1.165, 1.54) is 64.2 Å². The van der Waals surface area contributed by atoms with Gasteiger partial charge in [-0.3, -0.25) is 4.57 Å². The summed E-state index contributed by atoms with van der Waals surface area (Å²) >= 11 is 1.88. The van der Waals surface area contributed by atoms with Crippen molar-refractivity contribution in [2.45, 2.75) is 0 Å². The summed E-state index contributed by atoms with van der Waals surface area (Å²) in [6.45, 7) is 0. The van der Waals surface area contributed by atoms with Crippen molar-refractivity contribution in [3.63, 3.8) is 0 Å². The van der Waals surface area contributed by atoms with Crippen molar-refractivity contribution >= 4 is 75.1 Å². The van der Waals surface area contributed by atoms with Gasteiger partial charge in [-0.15, -0.1) is 11.3 Å². The summed E-state index contributed by atoms with van der Waals surface area (Å²) in [5.41, 5.74) is 12.0. The molecule has 0 N–H and O–H groups in total. The number of para-hydroxylation sites is 2. The number of nitrogens with zero attached hydrogens (tertiary/aromatic N) is 4. The fourth-order valence-electron chi connectivity index (χ4n) is 8.72. The predicted octanol–water partition coefficient (Wildman–Crippen LogP) is 14.0. The van der Waals surface area contributed by atoms with Crippen molar-refractivity contribution < 1.29 is 0 Å². The van der Waals surface area contributed by atoms with Crippen LogP contribution in [0.5, 0.6) is 0 Å². The quantitative estimate of drug-likeness (QED) is 0.176. The summed E-state index contributed by atoms with van der Waals surface area (Å²) in [4.78, 5) is 10.5. The van der Waals surface area contributed by atoms with Crippen LogP contribution in [0.4, 0.5) is 0 Å². The van der Waals surface area contributed by atoms with Crippen LogP contribution in [0.3, 0.4) is 0 Å². The van der Waals surface area contributed by atoms with Crippen molar-refractivity contribution in [3.8, 4) is 45.3 Å². The van der Waals surface area contributed by atoms with Gasteiger partial charge in [0.05, 0.1) is 38.2 Å². The summed E-state index contributed by atoms with van der Waals surface area (Å²) in [6.07, 6.45) is 0. The van der Waals surface area contributed by atoms with Gasteiger partial charge in [0.1, 0.15) is 0 Å². The highest BCUT2D eigenvalue weighted by Crippen LogP contribution is 2.44. The fraction of sp³-hybridized carbons (Fsp3) is 0. The number of hydrogen-bond acceptors (Lipinski definition) is 3. The Hall–Kier alpha value is -7.34. The standard InChI is InChI=1S/C52H32N4S/c1-4-14-33(15-5-1)44-32-45(34-16-6-2-7-17-34)54-52(53-44)56-46-22-12-10-20-38(46)42-30-35(25-29-48(42)56)36-24-28-47-43(31-36)40-26-27-41-39-21-11-13-23-49(39)57-51(41)50(40)55(47)37-18-8-3-9-19-37/h1-32H. The van der Waals surface area contributed by atoms with E-state index >= 15 is 0 Å². The number of thiophene rings is 1. The van der Waals surface area contributed by atoms with Crippen LogP contribution in [0.1, 0.15) is 0 Å². The number of rotatable bonds is 5. The van der Waals surface area contributed by atoms with Gasteiger partial charge in [0.15, 0.2) is 0 Å². The molecule has 0 aliphatic rings. The molecule has 0 amide bonds. The van der Waals surface area contributed by atoms with E-state index in [1.54, 1.807) is 0 Å². The molecule has 5 heteroatoms. The van der Waals surface area contributed by atoms with Crippen LogP contribution in [0.15, 0.2) is 194 Å². The zero-order valence-corrected chi connectivity index (χ0v) is 31.5. The van der Waals surface area contributed by atoms with E-state index < -0.39 is 0 Å². The summed E-state index contributed by atoms with van der Waals surface area (Å²) < 4.78 is 7.31. The van der Waals surface area contributed by atoms with E-state index in [9.17, 15) is 0 Å². The van der Waals surface area contributed by atoms with Gasteiger partial charge in [0.2, 0.25) is 5.95 Å². The molecule has 0 aliphatic carbocycles. The summed E-state index contributed by atoms with van der Waals surface area (Å²) in [6, 6.07) is 69.4. The van der Waals surface area contributed by atoms with Gasteiger partial charge < -0.3 is 4.57 Å². The molecule has 0 radical (unpaired) electrons. The van der Waals surface area contributed by atoms with Gasteiger partial charge in [-0.1, -0.05) is 140 Å². The summed E-state index contributed by atoms with van der Waals surface area (Å²) in [5.74, 6) is 0.650. The largest absolute Gasteiger partial charge is 0.308 e. The van der Waals surface area contributed by atoms with Crippen molar-refractivity contribution in [2.24, 2.45) is 0 Å². The monoisotopic (exact) mass is 744 g/mol. The first-order valence-electron chi connectivity index (χ1n) is 19.2. The van der Waals surface area contributed by atoms with Crippen LogP contribution in [-0.2, 0) is 0 Å². The Kier molecular flexibility index (Phi) is 7.06. The molecule has 4 aromatic heterocycles. The molecule has 0 saturated carbocycles. The molecule has 57 heavy (non-hydrogen) atoms. The number of hydrogen-bond donors (Lipinski definition) is 0. The highest BCUT2D eigenvalue weighted by atomic mass is 32.1. The smallest absolute Gasteiger partial charge is 0.235 e. The number of aromatic nitrogens is 4. The fourth-order valence-corrected chi connectivity index (χ4v) is 9.96. The lowest BCUT2D eigenvalue weighted by Crippen LogP contribution is -2.03. The molecule has 0 unspecified atom stereocenters. The highest BCUT2D eigenvalue weighted by Gasteiger charge is 2.20. The zero-order chi connectivity index (χ0) is 37.5. The average Bonchev–Trinajstić information content (AvgIpc) is 3.94. The van der Waals surface area contributed by atoms with Crippen molar-refractivity contribution in [2.75, 3.05) is 0 Å². The van der Waals surface area contributed by atoms with Crippen molar-refractivity contribution in [3.05, 3.63) is 194 Å².